The normalized spacial score (nSPS) is 10.9. The number of carbonyl (C=O) groups excluding carboxylic acids is 1. The molecule has 4 rings (SSSR count). The molecule has 0 aliphatic rings. The average Bonchev–Trinajstić information content (AvgIpc) is 2.70. The van der Waals surface area contributed by atoms with Crippen molar-refractivity contribution in [3.63, 3.8) is 0 Å². The van der Waals surface area contributed by atoms with Gasteiger partial charge in [0.1, 0.15) is 11.6 Å². The fourth-order valence-corrected chi connectivity index (χ4v) is 3.19. The third-order valence-corrected chi connectivity index (χ3v) is 4.66. The van der Waals surface area contributed by atoms with E-state index in [1.54, 1.807) is 50.4 Å². The van der Waals surface area contributed by atoms with Crippen molar-refractivity contribution in [2.75, 3.05) is 5.32 Å². The molecule has 0 saturated heterocycles. The molecule has 2 aromatic heterocycles. The highest BCUT2D eigenvalue weighted by atomic mass is 19.1. The van der Waals surface area contributed by atoms with Gasteiger partial charge in [0, 0.05) is 11.8 Å². The van der Waals surface area contributed by atoms with Crippen molar-refractivity contribution >= 4 is 22.6 Å². The Hall–Kier alpha value is -3.87. The lowest BCUT2D eigenvalue weighted by Crippen LogP contribution is -2.23. The topological polar surface area (TPSA) is 76.9 Å². The summed E-state index contributed by atoms with van der Waals surface area (Å²) in [5.74, 6) is -0.621. The van der Waals surface area contributed by atoms with E-state index >= 15 is 0 Å². The van der Waals surface area contributed by atoms with Crippen LogP contribution in [0.15, 0.2) is 65.6 Å². The summed E-state index contributed by atoms with van der Waals surface area (Å²) in [4.78, 5) is 34.0. The van der Waals surface area contributed by atoms with Crippen LogP contribution in [-0.4, -0.2) is 20.4 Å². The Morgan fingerprint density at radius 3 is 2.66 bits per heavy atom. The van der Waals surface area contributed by atoms with Gasteiger partial charge in [0.15, 0.2) is 5.65 Å². The summed E-state index contributed by atoms with van der Waals surface area (Å²) in [5.41, 5.74) is 1.63. The monoisotopic (exact) mass is 388 g/mol. The molecule has 2 heterocycles. The number of rotatable bonds is 3. The first-order valence-electron chi connectivity index (χ1n) is 8.97. The standard InChI is InChI=1S/C22H17FN4O2/c1-13-6-3-4-7-16(13)21(28)26-19-12-15(9-10-18(19)23)27-14(2)25-20-17(22(27)29)8-5-11-24-20/h3-12H,1-2H3,(H,26,28). The molecule has 0 atom stereocenters. The van der Waals surface area contributed by atoms with Crippen molar-refractivity contribution in [1.82, 2.24) is 14.5 Å². The van der Waals surface area contributed by atoms with Crippen LogP contribution in [-0.2, 0) is 0 Å². The number of carbonyl (C=O) groups is 1. The fraction of sp³-hybridized carbons (Fsp3) is 0.0909. The molecule has 0 unspecified atom stereocenters. The van der Waals surface area contributed by atoms with E-state index in [1.165, 1.54) is 22.8 Å². The van der Waals surface area contributed by atoms with Gasteiger partial charge in [-0.15, -0.1) is 0 Å². The van der Waals surface area contributed by atoms with Crippen LogP contribution in [0.5, 0.6) is 0 Å². The summed E-state index contributed by atoms with van der Waals surface area (Å²) in [5, 5.41) is 2.95. The van der Waals surface area contributed by atoms with Gasteiger partial charge in [0.05, 0.1) is 16.8 Å². The maximum Gasteiger partial charge on any atom is 0.267 e. The smallest absolute Gasteiger partial charge is 0.267 e. The zero-order valence-corrected chi connectivity index (χ0v) is 15.8. The second kappa shape index (κ2) is 7.27. The van der Waals surface area contributed by atoms with E-state index in [1.807, 2.05) is 6.07 Å². The Kier molecular flexibility index (Phi) is 4.64. The number of benzene rings is 2. The first-order chi connectivity index (χ1) is 14.0. The number of amides is 1. The van der Waals surface area contributed by atoms with Gasteiger partial charge < -0.3 is 5.32 Å². The molecule has 144 valence electrons. The zero-order chi connectivity index (χ0) is 20.5. The average molecular weight is 388 g/mol. The van der Waals surface area contributed by atoms with Gasteiger partial charge in [0.25, 0.3) is 11.5 Å². The molecule has 29 heavy (non-hydrogen) atoms. The minimum atomic E-state index is -0.600. The van der Waals surface area contributed by atoms with Crippen molar-refractivity contribution in [3.05, 3.63) is 93.9 Å². The quantitative estimate of drug-likeness (QED) is 0.579. The van der Waals surface area contributed by atoms with Crippen LogP contribution in [0.2, 0.25) is 0 Å². The molecular formula is C22H17FN4O2. The van der Waals surface area contributed by atoms with Crippen LogP contribution in [0.3, 0.4) is 0 Å². The number of fused-ring (bicyclic) bond motifs is 1. The molecule has 0 aliphatic heterocycles. The van der Waals surface area contributed by atoms with E-state index in [9.17, 15) is 14.0 Å². The van der Waals surface area contributed by atoms with Crippen molar-refractivity contribution in [2.24, 2.45) is 0 Å². The van der Waals surface area contributed by atoms with Gasteiger partial charge in [-0.3, -0.25) is 14.2 Å². The summed E-state index contributed by atoms with van der Waals surface area (Å²) in [7, 11) is 0. The van der Waals surface area contributed by atoms with Crippen molar-refractivity contribution in [1.29, 1.82) is 0 Å². The van der Waals surface area contributed by atoms with Crippen LogP contribution in [0.25, 0.3) is 16.7 Å². The summed E-state index contributed by atoms with van der Waals surface area (Å²) in [6, 6.07) is 14.4. The van der Waals surface area contributed by atoms with E-state index in [0.717, 1.165) is 5.56 Å². The highest BCUT2D eigenvalue weighted by Crippen LogP contribution is 2.21. The summed E-state index contributed by atoms with van der Waals surface area (Å²) in [6.07, 6.45) is 1.57. The van der Waals surface area contributed by atoms with E-state index in [0.29, 0.717) is 28.1 Å². The molecule has 0 radical (unpaired) electrons. The van der Waals surface area contributed by atoms with Crippen LogP contribution in [0, 0.1) is 19.7 Å². The van der Waals surface area contributed by atoms with Gasteiger partial charge >= 0.3 is 0 Å². The molecule has 7 heteroatoms. The summed E-state index contributed by atoms with van der Waals surface area (Å²) in [6.45, 7) is 3.48. The van der Waals surface area contributed by atoms with Crippen molar-refractivity contribution in [2.45, 2.75) is 13.8 Å². The molecule has 1 N–H and O–H groups in total. The maximum atomic E-state index is 14.4. The molecule has 0 bridgehead atoms. The van der Waals surface area contributed by atoms with Gasteiger partial charge in [-0.2, -0.15) is 0 Å². The molecule has 6 nitrogen and oxygen atoms in total. The predicted molar refractivity (Wildman–Crippen MR) is 109 cm³/mol. The number of aromatic nitrogens is 3. The van der Waals surface area contributed by atoms with Crippen LogP contribution in [0.4, 0.5) is 10.1 Å². The van der Waals surface area contributed by atoms with E-state index < -0.39 is 11.7 Å². The number of pyridine rings is 1. The molecule has 0 aliphatic carbocycles. The molecule has 2 aromatic carbocycles. The number of aryl methyl sites for hydroxylation is 2. The largest absolute Gasteiger partial charge is 0.319 e. The molecule has 0 fully saturated rings. The number of nitrogens with one attached hydrogen (secondary N) is 1. The highest BCUT2D eigenvalue weighted by Gasteiger charge is 2.15. The van der Waals surface area contributed by atoms with Crippen molar-refractivity contribution < 1.29 is 9.18 Å². The van der Waals surface area contributed by atoms with E-state index in [4.69, 9.17) is 0 Å². The van der Waals surface area contributed by atoms with E-state index in [-0.39, 0.29) is 11.2 Å². The Bertz CT molecular complexity index is 1310. The van der Waals surface area contributed by atoms with Gasteiger partial charge in [-0.1, -0.05) is 18.2 Å². The highest BCUT2D eigenvalue weighted by molar-refractivity contribution is 6.05. The van der Waals surface area contributed by atoms with Gasteiger partial charge in [-0.25, -0.2) is 14.4 Å². The third kappa shape index (κ3) is 3.38. The number of hydrogen-bond acceptors (Lipinski definition) is 4. The van der Waals surface area contributed by atoms with Crippen LogP contribution >= 0.6 is 0 Å². The molecule has 1 amide bonds. The number of anilines is 1. The summed E-state index contributed by atoms with van der Waals surface area (Å²) < 4.78 is 15.8. The molecule has 0 spiro atoms. The zero-order valence-electron chi connectivity index (χ0n) is 15.8. The Balaban J connectivity index is 1.78. The van der Waals surface area contributed by atoms with Crippen LogP contribution < -0.4 is 10.9 Å². The minimum absolute atomic E-state index is 0.0201. The molecule has 0 saturated carbocycles. The van der Waals surface area contributed by atoms with E-state index in [2.05, 4.69) is 15.3 Å². The first-order valence-corrected chi connectivity index (χ1v) is 8.97. The number of halogens is 1. The number of hydrogen-bond donors (Lipinski definition) is 1. The minimum Gasteiger partial charge on any atom is -0.319 e. The lowest BCUT2D eigenvalue weighted by atomic mass is 10.1. The first kappa shape index (κ1) is 18.5. The molecule has 4 aromatic rings. The van der Waals surface area contributed by atoms with Gasteiger partial charge in [-0.05, 0) is 55.8 Å². The lowest BCUT2D eigenvalue weighted by Gasteiger charge is -2.13. The second-order valence-electron chi connectivity index (χ2n) is 6.61. The molecular weight excluding hydrogens is 371 g/mol. The second-order valence-corrected chi connectivity index (χ2v) is 6.61. The van der Waals surface area contributed by atoms with Gasteiger partial charge in [0.2, 0.25) is 0 Å². The Morgan fingerprint density at radius 1 is 1.07 bits per heavy atom. The lowest BCUT2D eigenvalue weighted by molar-refractivity contribution is 0.102. The fourth-order valence-electron chi connectivity index (χ4n) is 3.19. The maximum absolute atomic E-state index is 14.4. The summed E-state index contributed by atoms with van der Waals surface area (Å²) >= 11 is 0. The van der Waals surface area contributed by atoms with Crippen molar-refractivity contribution in [3.8, 4) is 5.69 Å². The third-order valence-electron chi connectivity index (χ3n) is 4.66. The number of nitrogens with zero attached hydrogens (tertiary/aromatic N) is 3. The predicted octanol–water partition coefficient (Wildman–Crippen LogP) is 3.79. The van der Waals surface area contributed by atoms with Crippen LogP contribution in [0.1, 0.15) is 21.7 Å². The SMILES string of the molecule is Cc1ccccc1C(=O)Nc1cc(-n2c(C)nc3ncccc3c2=O)ccc1F. The Labute approximate surface area is 165 Å². The Morgan fingerprint density at radius 2 is 1.86 bits per heavy atom.